The molecule has 1 amide bonds. The second-order valence-electron chi connectivity index (χ2n) is 8.80. The predicted molar refractivity (Wildman–Crippen MR) is 112 cm³/mol. The van der Waals surface area contributed by atoms with E-state index in [0.717, 1.165) is 54.7 Å². The fraction of sp³-hybridized carbons (Fsp3) is 0.600. The number of aromatic amines is 1. The molecular weight excluding hydrogens is 410 g/mol. The van der Waals surface area contributed by atoms with Crippen LogP contribution in [0.4, 0.5) is 0 Å². The molecule has 0 aromatic carbocycles. The average Bonchev–Trinajstić information content (AvgIpc) is 3.43. The van der Waals surface area contributed by atoms with E-state index in [4.69, 9.17) is 11.6 Å². The quantitative estimate of drug-likeness (QED) is 0.764. The van der Waals surface area contributed by atoms with Gasteiger partial charge in [-0.1, -0.05) is 11.6 Å². The summed E-state index contributed by atoms with van der Waals surface area (Å²) in [6.07, 6.45) is 0.900. The fourth-order valence-corrected chi connectivity index (χ4v) is 6.33. The number of aliphatic hydroxyl groups is 1. The van der Waals surface area contributed by atoms with Crippen LogP contribution in [-0.2, 0) is 19.5 Å². The Labute approximate surface area is 179 Å². The van der Waals surface area contributed by atoms with Crippen molar-refractivity contribution >= 4 is 28.8 Å². The van der Waals surface area contributed by atoms with Crippen LogP contribution >= 0.6 is 22.9 Å². The summed E-state index contributed by atoms with van der Waals surface area (Å²) in [6.45, 7) is 5.65. The number of aliphatic hydroxyl groups excluding tert-OH is 1. The summed E-state index contributed by atoms with van der Waals surface area (Å²) < 4.78 is 0.806. The lowest BCUT2D eigenvalue weighted by Gasteiger charge is -2.27. The number of amides is 1. The molecule has 9 heteroatoms. The average molecular weight is 436 g/mol. The molecule has 5 rings (SSSR count). The van der Waals surface area contributed by atoms with E-state index in [2.05, 4.69) is 33.1 Å². The first-order valence-electron chi connectivity index (χ1n) is 10.1. The number of carbonyl (C=O) groups excluding carboxylic acids is 1. The molecule has 2 saturated heterocycles. The van der Waals surface area contributed by atoms with Gasteiger partial charge in [0.05, 0.1) is 10.9 Å². The molecule has 156 valence electrons. The number of rotatable bonds is 4. The highest BCUT2D eigenvalue weighted by molar-refractivity contribution is 7.16. The van der Waals surface area contributed by atoms with Gasteiger partial charge in [-0.3, -0.25) is 14.8 Å². The molecular formula is C20H26ClN5O2S. The number of aromatic nitrogens is 2. The number of hydrogen-bond donors (Lipinski definition) is 2. The number of likely N-dealkylation sites (tertiary alicyclic amines) is 2. The number of nitrogens with one attached hydrogen (secondary N) is 1. The van der Waals surface area contributed by atoms with Crippen molar-refractivity contribution in [1.29, 1.82) is 0 Å². The first-order chi connectivity index (χ1) is 14.0. The van der Waals surface area contributed by atoms with Crippen molar-refractivity contribution in [2.75, 3.05) is 46.4 Å². The highest BCUT2D eigenvalue weighted by Gasteiger charge is 2.53. The lowest BCUT2D eigenvalue weighted by molar-refractivity contribution is 0.0711. The Morgan fingerprint density at radius 3 is 3.00 bits per heavy atom. The van der Waals surface area contributed by atoms with Crippen molar-refractivity contribution in [3.05, 3.63) is 38.3 Å². The van der Waals surface area contributed by atoms with Crippen LogP contribution in [0.15, 0.2) is 12.1 Å². The highest BCUT2D eigenvalue weighted by atomic mass is 35.5. The molecule has 3 aliphatic rings. The first kappa shape index (κ1) is 19.5. The topological polar surface area (TPSA) is 75.7 Å². The molecule has 2 aromatic heterocycles. The molecule has 0 bridgehead atoms. The molecule has 3 aliphatic heterocycles. The van der Waals surface area contributed by atoms with Gasteiger partial charge in [0.15, 0.2) is 5.69 Å². The van der Waals surface area contributed by atoms with E-state index in [9.17, 15) is 9.90 Å². The number of carbonyl (C=O) groups is 1. The summed E-state index contributed by atoms with van der Waals surface area (Å²) in [7, 11) is 2.07. The summed E-state index contributed by atoms with van der Waals surface area (Å²) in [4.78, 5) is 21.0. The Balaban J connectivity index is 1.30. The van der Waals surface area contributed by atoms with E-state index in [1.54, 1.807) is 11.3 Å². The lowest BCUT2D eigenvalue weighted by atomic mass is 9.82. The van der Waals surface area contributed by atoms with Gasteiger partial charge in [0, 0.05) is 73.8 Å². The molecule has 0 aliphatic carbocycles. The predicted octanol–water partition coefficient (Wildman–Crippen LogP) is 1.68. The maximum absolute atomic E-state index is 13.3. The molecule has 0 spiro atoms. The van der Waals surface area contributed by atoms with Crippen molar-refractivity contribution < 1.29 is 9.90 Å². The molecule has 2 fully saturated rings. The maximum Gasteiger partial charge on any atom is 0.274 e. The van der Waals surface area contributed by atoms with Crippen LogP contribution in [0.25, 0.3) is 0 Å². The van der Waals surface area contributed by atoms with E-state index in [1.807, 2.05) is 11.0 Å². The van der Waals surface area contributed by atoms with Gasteiger partial charge < -0.3 is 14.9 Å². The van der Waals surface area contributed by atoms with Gasteiger partial charge in [0.2, 0.25) is 0 Å². The maximum atomic E-state index is 13.3. The van der Waals surface area contributed by atoms with Gasteiger partial charge in [-0.15, -0.1) is 11.3 Å². The minimum atomic E-state index is -0.246. The van der Waals surface area contributed by atoms with Crippen LogP contribution in [0.5, 0.6) is 0 Å². The lowest BCUT2D eigenvalue weighted by Crippen LogP contribution is -2.39. The van der Waals surface area contributed by atoms with Gasteiger partial charge in [-0.2, -0.15) is 5.10 Å². The summed E-state index contributed by atoms with van der Waals surface area (Å²) in [5, 5.41) is 17.7. The molecule has 2 N–H and O–H groups in total. The molecule has 5 heterocycles. The number of nitrogens with zero attached hydrogens (tertiary/aromatic N) is 4. The Morgan fingerprint density at radius 2 is 2.28 bits per heavy atom. The van der Waals surface area contributed by atoms with E-state index in [1.165, 1.54) is 4.88 Å². The molecule has 0 radical (unpaired) electrons. The van der Waals surface area contributed by atoms with E-state index >= 15 is 0 Å². The van der Waals surface area contributed by atoms with Gasteiger partial charge >= 0.3 is 0 Å². The van der Waals surface area contributed by atoms with Crippen LogP contribution in [0.3, 0.4) is 0 Å². The van der Waals surface area contributed by atoms with E-state index in [0.29, 0.717) is 18.8 Å². The minimum absolute atomic E-state index is 0.00314. The first-order valence-corrected chi connectivity index (χ1v) is 11.3. The summed E-state index contributed by atoms with van der Waals surface area (Å²) >= 11 is 7.67. The van der Waals surface area contributed by atoms with E-state index < -0.39 is 0 Å². The van der Waals surface area contributed by atoms with Crippen molar-refractivity contribution in [1.82, 2.24) is 24.9 Å². The Bertz CT molecular complexity index is 930. The Kier molecular flexibility index (Phi) is 4.95. The zero-order valence-electron chi connectivity index (χ0n) is 16.5. The minimum Gasteiger partial charge on any atom is -0.396 e. The van der Waals surface area contributed by atoms with E-state index in [-0.39, 0.29) is 23.8 Å². The molecule has 0 saturated carbocycles. The zero-order chi connectivity index (χ0) is 20.2. The van der Waals surface area contributed by atoms with Gasteiger partial charge in [0.1, 0.15) is 0 Å². The van der Waals surface area contributed by atoms with Crippen molar-refractivity contribution in [3.8, 4) is 0 Å². The molecule has 2 aromatic rings. The highest BCUT2D eigenvalue weighted by Crippen LogP contribution is 2.43. The van der Waals surface area contributed by atoms with Crippen LogP contribution in [0.1, 0.15) is 26.6 Å². The number of H-pyrrole nitrogens is 1. The molecule has 2 atom stereocenters. The fourth-order valence-electron chi connectivity index (χ4n) is 5.20. The van der Waals surface area contributed by atoms with Gasteiger partial charge in [0.25, 0.3) is 5.91 Å². The normalized spacial score (nSPS) is 27.4. The smallest absolute Gasteiger partial charge is 0.274 e. The van der Waals surface area contributed by atoms with Crippen LogP contribution in [0.2, 0.25) is 4.34 Å². The third-order valence-corrected chi connectivity index (χ3v) is 7.98. The number of hydrogen-bond acceptors (Lipinski definition) is 6. The SMILES string of the molecule is CN1CCc2[nH]nc(C(=O)N3CC4CN(Cc5ccc(Cl)s5)CC4(CO)C3)c2C1. The Hall–Kier alpha value is -1.45. The Morgan fingerprint density at radius 1 is 1.41 bits per heavy atom. The molecule has 7 nitrogen and oxygen atoms in total. The number of halogens is 1. The van der Waals surface area contributed by atoms with Gasteiger partial charge in [-0.05, 0) is 25.1 Å². The second-order valence-corrected chi connectivity index (χ2v) is 10.6. The van der Waals surface area contributed by atoms with Crippen LogP contribution in [-0.4, -0.2) is 82.3 Å². The van der Waals surface area contributed by atoms with Gasteiger partial charge in [-0.25, -0.2) is 0 Å². The number of fused-ring (bicyclic) bond motifs is 2. The molecule has 2 unspecified atom stereocenters. The van der Waals surface area contributed by atoms with Crippen molar-refractivity contribution in [2.24, 2.45) is 11.3 Å². The summed E-state index contributed by atoms with van der Waals surface area (Å²) in [5.41, 5.74) is 2.44. The van der Waals surface area contributed by atoms with Crippen LogP contribution < -0.4 is 0 Å². The monoisotopic (exact) mass is 435 g/mol. The standard InChI is InChI=1S/C20H26ClN5O2S/c1-24-5-4-16-15(9-24)18(23-22-16)19(28)26-7-13-6-25(10-20(13,11-26)12-27)8-14-2-3-17(21)29-14/h2-3,13,27H,4-12H2,1H3,(H,22,23). The second kappa shape index (κ2) is 7.35. The summed E-state index contributed by atoms with van der Waals surface area (Å²) in [5.74, 6) is 0.279. The largest absolute Gasteiger partial charge is 0.396 e. The summed E-state index contributed by atoms with van der Waals surface area (Å²) in [6, 6.07) is 4.00. The third kappa shape index (κ3) is 3.41. The van der Waals surface area contributed by atoms with Crippen molar-refractivity contribution in [3.63, 3.8) is 0 Å². The van der Waals surface area contributed by atoms with Crippen LogP contribution in [0, 0.1) is 11.3 Å². The third-order valence-electron chi connectivity index (χ3n) is 6.77. The van der Waals surface area contributed by atoms with Crippen molar-refractivity contribution in [2.45, 2.75) is 19.5 Å². The zero-order valence-corrected chi connectivity index (χ0v) is 18.1. The number of likely N-dealkylation sites (N-methyl/N-ethyl adjacent to an activating group) is 1. The molecule has 29 heavy (non-hydrogen) atoms. The number of thiophene rings is 1.